The van der Waals surface area contributed by atoms with Gasteiger partial charge in [0, 0.05) is 23.0 Å². The van der Waals surface area contributed by atoms with E-state index in [-0.39, 0.29) is 6.04 Å². The maximum atomic E-state index is 14.0. The van der Waals surface area contributed by atoms with Gasteiger partial charge in [0.25, 0.3) is 0 Å². The van der Waals surface area contributed by atoms with Crippen molar-refractivity contribution in [2.24, 2.45) is 5.11 Å². The second kappa shape index (κ2) is 9.15. The summed E-state index contributed by atoms with van der Waals surface area (Å²) in [6.07, 6.45) is 5.49. The van der Waals surface area contributed by atoms with Crippen LogP contribution in [-0.2, 0) is 0 Å². The van der Waals surface area contributed by atoms with Gasteiger partial charge in [0.05, 0.1) is 17.1 Å². The first-order valence-electron chi connectivity index (χ1n) is 9.99. The van der Waals surface area contributed by atoms with Crippen molar-refractivity contribution in [2.75, 3.05) is 11.1 Å². The average Bonchev–Trinajstić information content (AvgIpc) is 3.19. The van der Waals surface area contributed by atoms with Crippen molar-refractivity contribution in [3.63, 3.8) is 0 Å². The number of benzene rings is 2. The minimum Gasteiger partial charge on any atom is -0.383 e. The summed E-state index contributed by atoms with van der Waals surface area (Å²) in [6.45, 7) is 1.98. The number of hydrogen-bond acceptors (Lipinski definition) is 6. The maximum Gasteiger partial charge on any atom is 0.146 e. The van der Waals surface area contributed by atoms with Crippen LogP contribution < -0.4 is 11.1 Å². The van der Waals surface area contributed by atoms with E-state index in [2.05, 4.69) is 20.4 Å². The minimum atomic E-state index is -0.391. The van der Waals surface area contributed by atoms with Gasteiger partial charge in [-0.2, -0.15) is 5.11 Å². The van der Waals surface area contributed by atoms with Crippen LogP contribution in [0.3, 0.4) is 0 Å². The molecule has 162 valence electrons. The van der Waals surface area contributed by atoms with Crippen LogP contribution in [0.1, 0.15) is 19.4 Å². The van der Waals surface area contributed by atoms with E-state index >= 15 is 0 Å². The van der Waals surface area contributed by atoms with Crippen LogP contribution in [0.4, 0.5) is 15.9 Å². The van der Waals surface area contributed by atoms with Crippen LogP contribution in [0.2, 0.25) is 5.02 Å². The molecule has 0 saturated carbocycles. The van der Waals surface area contributed by atoms with E-state index in [9.17, 15) is 4.39 Å². The molecular weight excluding hydrogens is 429 g/mol. The Morgan fingerprint density at radius 2 is 2.00 bits per heavy atom. The average molecular weight is 450 g/mol. The predicted molar refractivity (Wildman–Crippen MR) is 125 cm³/mol. The number of nitrogens with two attached hydrogens (primary N) is 1. The van der Waals surface area contributed by atoms with E-state index in [0.29, 0.717) is 39.7 Å². The zero-order chi connectivity index (χ0) is 22.7. The van der Waals surface area contributed by atoms with Gasteiger partial charge in [0.2, 0.25) is 0 Å². The van der Waals surface area contributed by atoms with Gasteiger partial charge < -0.3 is 15.6 Å². The maximum absolute atomic E-state index is 14.0. The molecular formula is C23H21ClFN7. The predicted octanol–water partition coefficient (Wildman–Crippen LogP) is 6.41. The Bertz CT molecular complexity index is 1300. The van der Waals surface area contributed by atoms with Crippen molar-refractivity contribution in [3.8, 4) is 11.1 Å². The third-order valence-electron chi connectivity index (χ3n) is 5.24. The van der Waals surface area contributed by atoms with Crippen molar-refractivity contribution in [3.05, 3.63) is 83.8 Å². The van der Waals surface area contributed by atoms with Crippen molar-refractivity contribution in [1.82, 2.24) is 14.5 Å². The van der Waals surface area contributed by atoms with Crippen LogP contribution in [0, 0.1) is 11.3 Å². The van der Waals surface area contributed by atoms with E-state index in [1.54, 1.807) is 30.3 Å². The molecule has 32 heavy (non-hydrogen) atoms. The fourth-order valence-electron chi connectivity index (χ4n) is 3.68. The summed E-state index contributed by atoms with van der Waals surface area (Å²) in [7, 11) is 0. The number of aromatic nitrogens is 3. The lowest BCUT2D eigenvalue weighted by atomic mass is 10.1. The summed E-state index contributed by atoms with van der Waals surface area (Å²) in [5.41, 5.74) is 17.1. The number of nitrogens with one attached hydrogen (secondary N) is 2. The Kier molecular flexibility index (Phi) is 6.13. The molecule has 0 spiro atoms. The van der Waals surface area contributed by atoms with Gasteiger partial charge in [-0.3, -0.25) is 0 Å². The Hall–Kier alpha value is -3.78. The topological polar surface area (TPSA) is 105 Å². The van der Waals surface area contributed by atoms with Crippen molar-refractivity contribution in [2.45, 2.75) is 19.4 Å². The number of halogens is 2. The number of hydrogen-bond donors (Lipinski definition) is 3. The molecule has 9 heteroatoms. The molecule has 0 amide bonds. The molecule has 0 bridgehead atoms. The van der Waals surface area contributed by atoms with Gasteiger partial charge in [-0.05, 0) is 36.2 Å². The summed E-state index contributed by atoms with van der Waals surface area (Å²) < 4.78 is 15.9. The molecule has 0 saturated heterocycles. The van der Waals surface area contributed by atoms with Crippen LogP contribution in [0.15, 0.2) is 78.1 Å². The molecule has 1 atom stereocenters. The van der Waals surface area contributed by atoms with E-state index in [0.717, 1.165) is 11.1 Å². The fourth-order valence-corrected chi connectivity index (χ4v) is 3.80. The zero-order valence-corrected chi connectivity index (χ0v) is 18.0. The lowest BCUT2D eigenvalue weighted by Crippen LogP contribution is -2.11. The summed E-state index contributed by atoms with van der Waals surface area (Å²) >= 11 is 6.05. The number of nitrogen functional groups attached to an aromatic ring is 1. The Morgan fingerprint density at radius 3 is 2.69 bits per heavy atom. The lowest BCUT2D eigenvalue weighted by Gasteiger charge is -2.18. The van der Waals surface area contributed by atoms with Gasteiger partial charge in [-0.15, -0.1) is 0 Å². The van der Waals surface area contributed by atoms with Gasteiger partial charge >= 0.3 is 0 Å². The van der Waals surface area contributed by atoms with Crippen molar-refractivity contribution < 1.29 is 4.39 Å². The van der Waals surface area contributed by atoms with E-state index < -0.39 is 5.82 Å². The molecule has 0 fully saturated rings. The van der Waals surface area contributed by atoms with Crippen LogP contribution >= 0.6 is 11.6 Å². The highest BCUT2D eigenvalue weighted by molar-refractivity contribution is 6.30. The smallest absolute Gasteiger partial charge is 0.146 e. The van der Waals surface area contributed by atoms with E-state index in [1.807, 2.05) is 29.8 Å². The first kappa shape index (κ1) is 21.5. The number of fused-ring (bicyclic) bond motifs is 1. The van der Waals surface area contributed by atoms with E-state index in [1.165, 1.54) is 18.6 Å². The molecule has 4 N–H and O–H groups in total. The second-order valence-corrected chi connectivity index (χ2v) is 7.58. The molecule has 4 aromatic rings. The summed E-state index contributed by atoms with van der Waals surface area (Å²) in [5, 5.41) is 7.97. The largest absolute Gasteiger partial charge is 0.383 e. The van der Waals surface area contributed by atoms with Crippen molar-refractivity contribution in [1.29, 1.82) is 5.53 Å². The molecule has 2 heterocycles. The Balaban J connectivity index is 1.82. The van der Waals surface area contributed by atoms with Crippen LogP contribution in [0.25, 0.3) is 22.2 Å². The Labute approximate surface area is 189 Å². The highest BCUT2D eigenvalue weighted by atomic mass is 35.5. The first-order chi connectivity index (χ1) is 15.5. The SMILES string of the molecule is CCC(/C(=C/Nc1ccccc1F)N=N)n1cc(-c2ccc(Cl)cc2)c2c(N)ncnc21. The van der Waals surface area contributed by atoms with Gasteiger partial charge in [0.1, 0.15) is 29.3 Å². The van der Waals surface area contributed by atoms with Crippen LogP contribution in [-0.4, -0.2) is 14.5 Å². The minimum absolute atomic E-state index is 0.300. The molecule has 2 aromatic carbocycles. The second-order valence-electron chi connectivity index (χ2n) is 7.14. The number of nitrogens with zero attached hydrogens (tertiary/aromatic N) is 4. The molecule has 1 unspecified atom stereocenters. The monoisotopic (exact) mass is 449 g/mol. The normalized spacial score (nSPS) is 12.7. The molecule has 0 radical (unpaired) electrons. The number of allylic oxidation sites excluding steroid dienone is 1. The number of para-hydroxylation sites is 1. The third kappa shape index (κ3) is 4.04. The summed E-state index contributed by atoms with van der Waals surface area (Å²) in [4.78, 5) is 8.62. The molecule has 7 nitrogen and oxygen atoms in total. The standard InChI is InChI=1S/C23H21ClFN7/c1-2-20(19(31-27)11-28-18-6-4-3-5-17(18)25)32-12-16(14-7-9-15(24)10-8-14)21-22(26)29-13-30-23(21)32/h3-13,20,27-28H,2H2,1H3,(H2,26,29,30)/b19-11-,31-27?. The summed E-state index contributed by atoms with van der Waals surface area (Å²) in [5.74, 6) is -0.0375. The highest BCUT2D eigenvalue weighted by Gasteiger charge is 2.22. The third-order valence-corrected chi connectivity index (χ3v) is 5.49. The Morgan fingerprint density at radius 1 is 1.25 bits per heavy atom. The molecule has 2 aromatic heterocycles. The zero-order valence-electron chi connectivity index (χ0n) is 17.3. The van der Waals surface area contributed by atoms with Gasteiger partial charge in [-0.1, -0.05) is 42.8 Å². The lowest BCUT2D eigenvalue weighted by molar-refractivity contribution is 0.556. The van der Waals surface area contributed by atoms with Crippen LogP contribution in [0.5, 0.6) is 0 Å². The molecule has 4 rings (SSSR count). The highest BCUT2D eigenvalue weighted by Crippen LogP contribution is 2.37. The van der Waals surface area contributed by atoms with Crippen molar-refractivity contribution >= 4 is 34.1 Å². The summed E-state index contributed by atoms with van der Waals surface area (Å²) in [6, 6.07) is 13.4. The number of rotatable bonds is 7. The quantitative estimate of drug-likeness (QED) is 0.283. The fraction of sp³-hybridized carbons (Fsp3) is 0.130. The van der Waals surface area contributed by atoms with Gasteiger partial charge in [-0.25, -0.2) is 19.9 Å². The first-order valence-corrected chi connectivity index (χ1v) is 10.4. The number of anilines is 2. The van der Waals surface area contributed by atoms with Gasteiger partial charge in [0.15, 0.2) is 0 Å². The van der Waals surface area contributed by atoms with E-state index in [4.69, 9.17) is 22.9 Å². The molecule has 0 aliphatic carbocycles. The molecule has 0 aliphatic heterocycles. The molecule has 0 aliphatic rings.